The third kappa shape index (κ3) is 3.45. The van der Waals surface area contributed by atoms with Crippen LogP contribution in [0.1, 0.15) is 38.5 Å². The molecule has 1 aromatic heterocycles. The molecule has 0 aliphatic carbocycles. The Morgan fingerprint density at radius 2 is 1.65 bits per heavy atom. The van der Waals surface area contributed by atoms with Gasteiger partial charge in [0, 0.05) is 37.2 Å². The number of nitrogens with zero attached hydrogens (tertiary/aromatic N) is 5. The average Bonchev–Trinajstić information content (AvgIpc) is 3.25. The monoisotopic (exact) mass is 339 g/mol. The standard InChI is InChI=1S/C16H26FN5S/c17-13-4-9-22(12-13)15-18-16(23-19-15)21-10-5-14(6-11-21)20-7-2-1-3-8-20/h13-14H,1-12H2/t13-/m1/s1. The Balaban J connectivity index is 1.32. The van der Waals surface area contributed by atoms with Crippen LogP contribution >= 0.6 is 11.5 Å². The summed E-state index contributed by atoms with van der Waals surface area (Å²) in [5, 5.41) is 1.01. The second kappa shape index (κ2) is 6.89. The van der Waals surface area contributed by atoms with E-state index in [1.165, 1.54) is 56.7 Å². The van der Waals surface area contributed by atoms with Gasteiger partial charge >= 0.3 is 0 Å². The number of anilines is 2. The highest BCUT2D eigenvalue weighted by Gasteiger charge is 2.29. The van der Waals surface area contributed by atoms with Crippen LogP contribution in [0, 0.1) is 0 Å². The van der Waals surface area contributed by atoms with Gasteiger partial charge in [0.2, 0.25) is 11.1 Å². The summed E-state index contributed by atoms with van der Waals surface area (Å²) in [4.78, 5) is 11.7. The first kappa shape index (κ1) is 15.6. The molecular formula is C16H26FN5S. The molecule has 1 aromatic rings. The average molecular weight is 339 g/mol. The Morgan fingerprint density at radius 3 is 2.35 bits per heavy atom. The SMILES string of the molecule is F[C@@H]1CCN(c2nsc(N3CCC(N4CCCCC4)CC3)n2)C1. The molecule has 0 aromatic carbocycles. The van der Waals surface area contributed by atoms with Crippen LogP contribution in [0.3, 0.4) is 0 Å². The molecule has 0 bridgehead atoms. The molecule has 3 fully saturated rings. The highest BCUT2D eigenvalue weighted by Crippen LogP contribution is 2.29. The normalized spacial score (nSPS) is 27.8. The van der Waals surface area contributed by atoms with Crippen molar-refractivity contribution in [3.63, 3.8) is 0 Å². The zero-order valence-corrected chi connectivity index (χ0v) is 14.5. The van der Waals surface area contributed by atoms with Gasteiger partial charge in [0.1, 0.15) is 6.17 Å². The van der Waals surface area contributed by atoms with Crippen LogP contribution < -0.4 is 9.80 Å². The number of hydrogen-bond donors (Lipinski definition) is 0. The van der Waals surface area contributed by atoms with Crippen LogP contribution in [-0.4, -0.2) is 65.7 Å². The molecule has 4 rings (SSSR count). The Morgan fingerprint density at radius 1 is 0.913 bits per heavy atom. The van der Waals surface area contributed by atoms with Crippen molar-refractivity contribution in [1.29, 1.82) is 0 Å². The first-order chi connectivity index (χ1) is 11.3. The molecule has 3 aliphatic heterocycles. The quantitative estimate of drug-likeness (QED) is 0.846. The van der Waals surface area contributed by atoms with Gasteiger partial charge in [-0.2, -0.15) is 9.36 Å². The molecule has 3 saturated heterocycles. The minimum Gasteiger partial charge on any atom is -0.347 e. The fourth-order valence-electron chi connectivity index (χ4n) is 4.07. The van der Waals surface area contributed by atoms with Crippen LogP contribution in [0.15, 0.2) is 0 Å². The minimum absolute atomic E-state index is 0.452. The Hall–Kier alpha value is -0.950. The number of halogens is 1. The third-order valence-corrected chi connectivity index (χ3v) is 6.23. The maximum atomic E-state index is 13.3. The van der Waals surface area contributed by atoms with Crippen molar-refractivity contribution >= 4 is 22.6 Å². The summed E-state index contributed by atoms with van der Waals surface area (Å²) in [5.41, 5.74) is 0. The van der Waals surface area contributed by atoms with Gasteiger partial charge in [-0.3, -0.25) is 0 Å². The molecule has 0 radical (unpaired) electrons. The van der Waals surface area contributed by atoms with E-state index in [-0.39, 0.29) is 0 Å². The summed E-state index contributed by atoms with van der Waals surface area (Å²) in [7, 11) is 0. The number of rotatable bonds is 3. The molecule has 0 amide bonds. The van der Waals surface area contributed by atoms with Crippen molar-refractivity contribution < 1.29 is 4.39 Å². The summed E-state index contributed by atoms with van der Waals surface area (Å²) in [6.45, 7) is 5.91. The number of alkyl halides is 1. The van der Waals surface area contributed by atoms with Crippen LogP contribution in [0.5, 0.6) is 0 Å². The van der Waals surface area contributed by atoms with Gasteiger partial charge in [-0.15, -0.1) is 0 Å². The van der Waals surface area contributed by atoms with Crippen molar-refractivity contribution in [1.82, 2.24) is 14.3 Å². The van der Waals surface area contributed by atoms with Crippen LogP contribution in [0.2, 0.25) is 0 Å². The van der Waals surface area contributed by atoms with Crippen LogP contribution in [0.25, 0.3) is 0 Å². The zero-order chi connectivity index (χ0) is 15.6. The maximum Gasteiger partial charge on any atom is 0.239 e. The first-order valence-corrected chi connectivity index (χ1v) is 9.78. The number of piperidine rings is 2. The Labute approximate surface area is 141 Å². The topological polar surface area (TPSA) is 35.5 Å². The Kier molecular flexibility index (Phi) is 4.66. The molecule has 4 heterocycles. The number of aromatic nitrogens is 2. The predicted molar refractivity (Wildman–Crippen MR) is 92.3 cm³/mol. The molecule has 0 N–H and O–H groups in total. The summed E-state index contributed by atoms with van der Waals surface area (Å²) >= 11 is 1.47. The lowest BCUT2D eigenvalue weighted by Crippen LogP contribution is -2.46. The van der Waals surface area contributed by atoms with Gasteiger partial charge in [-0.25, -0.2) is 4.39 Å². The van der Waals surface area contributed by atoms with Crippen LogP contribution in [0.4, 0.5) is 15.5 Å². The summed E-state index contributed by atoms with van der Waals surface area (Å²) in [6, 6.07) is 0.754. The summed E-state index contributed by atoms with van der Waals surface area (Å²) in [6.07, 6.45) is 6.48. The van der Waals surface area contributed by atoms with E-state index in [0.29, 0.717) is 13.0 Å². The van der Waals surface area contributed by atoms with E-state index in [9.17, 15) is 4.39 Å². The molecule has 128 valence electrons. The molecule has 0 unspecified atom stereocenters. The van der Waals surface area contributed by atoms with E-state index in [1.54, 1.807) is 0 Å². The van der Waals surface area contributed by atoms with E-state index >= 15 is 0 Å². The van der Waals surface area contributed by atoms with E-state index in [1.807, 2.05) is 4.90 Å². The molecule has 1 atom stereocenters. The van der Waals surface area contributed by atoms with Gasteiger partial charge in [0.15, 0.2) is 0 Å². The molecule has 0 saturated carbocycles. The second-order valence-corrected chi connectivity index (χ2v) is 7.75. The van der Waals surface area contributed by atoms with Crippen molar-refractivity contribution in [3.8, 4) is 0 Å². The van der Waals surface area contributed by atoms with Crippen molar-refractivity contribution in [2.75, 3.05) is 49.1 Å². The molecule has 3 aliphatic rings. The van der Waals surface area contributed by atoms with E-state index in [4.69, 9.17) is 0 Å². The lowest BCUT2D eigenvalue weighted by Gasteiger charge is -2.40. The van der Waals surface area contributed by atoms with Crippen molar-refractivity contribution in [2.24, 2.45) is 0 Å². The largest absolute Gasteiger partial charge is 0.347 e. The summed E-state index contributed by atoms with van der Waals surface area (Å²) in [5.74, 6) is 0.725. The molecular weight excluding hydrogens is 313 g/mol. The lowest BCUT2D eigenvalue weighted by atomic mass is 10.0. The highest BCUT2D eigenvalue weighted by atomic mass is 32.1. The summed E-state index contributed by atoms with van der Waals surface area (Å²) < 4.78 is 17.8. The minimum atomic E-state index is -0.720. The van der Waals surface area contributed by atoms with Gasteiger partial charge in [0.05, 0.1) is 6.54 Å². The molecule has 23 heavy (non-hydrogen) atoms. The van der Waals surface area contributed by atoms with Gasteiger partial charge < -0.3 is 14.7 Å². The van der Waals surface area contributed by atoms with Crippen LogP contribution in [-0.2, 0) is 0 Å². The molecule has 5 nitrogen and oxygen atoms in total. The molecule has 0 spiro atoms. The smallest absolute Gasteiger partial charge is 0.239 e. The van der Waals surface area contributed by atoms with Gasteiger partial charge in [-0.1, -0.05) is 6.42 Å². The fourth-order valence-corrected chi connectivity index (χ4v) is 4.81. The predicted octanol–water partition coefficient (Wildman–Crippen LogP) is 2.54. The molecule has 7 heteroatoms. The van der Waals surface area contributed by atoms with Gasteiger partial charge in [0.25, 0.3) is 0 Å². The van der Waals surface area contributed by atoms with Gasteiger partial charge in [-0.05, 0) is 45.2 Å². The highest BCUT2D eigenvalue weighted by molar-refractivity contribution is 7.09. The van der Waals surface area contributed by atoms with E-state index in [0.717, 1.165) is 36.8 Å². The number of hydrogen-bond acceptors (Lipinski definition) is 6. The Bertz CT molecular complexity index is 510. The number of likely N-dealkylation sites (tertiary alicyclic amines) is 1. The van der Waals surface area contributed by atoms with Crippen molar-refractivity contribution in [3.05, 3.63) is 0 Å². The van der Waals surface area contributed by atoms with E-state index < -0.39 is 6.17 Å². The first-order valence-electron chi connectivity index (χ1n) is 9.01. The fraction of sp³-hybridized carbons (Fsp3) is 0.875. The van der Waals surface area contributed by atoms with Crippen molar-refractivity contribution in [2.45, 2.75) is 50.7 Å². The second-order valence-electron chi connectivity index (χ2n) is 7.02. The zero-order valence-electron chi connectivity index (χ0n) is 13.7. The third-order valence-electron chi connectivity index (χ3n) is 5.46. The maximum absolute atomic E-state index is 13.3. The van der Waals surface area contributed by atoms with E-state index in [2.05, 4.69) is 19.2 Å². The lowest BCUT2D eigenvalue weighted by molar-refractivity contribution is 0.141.